The van der Waals surface area contributed by atoms with Crippen LogP contribution in [0.3, 0.4) is 0 Å². The number of ether oxygens (including phenoxy) is 1. The third kappa shape index (κ3) is 3.88. The number of amides is 1. The van der Waals surface area contributed by atoms with E-state index in [-0.39, 0.29) is 18.1 Å². The minimum absolute atomic E-state index is 0.0860. The van der Waals surface area contributed by atoms with Gasteiger partial charge in [-0.05, 0) is 33.8 Å². The summed E-state index contributed by atoms with van der Waals surface area (Å²) in [6.07, 6.45) is 1.61. The maximum atomic E-state index is 11.6. The van der Waals surface area contributed by atoms with Crippen LogP contribution in [0.1, 0.15) is 38.1 Å². The molecule has 1 rings (SSSR count). The van der Waals surface area contributed by atoms with E-state index in [9.17, 15) is 4.79 Å². The van der Waals surface area contributed by atoms with E-state index in [2.05, 4.69) is 10.3 Å². The molecule has 0 radical (unpaired) electrons. The molecule has 4 heteroatoms. The van der Waals surface area contributed by atoms with Gasteiger partial charge in [0.15, 0.2) is 0 Å². The Labute approximate surface area is 96.0 Å². The SMILES string of the molecule is CC(C)NC(=O)c1ccc(OC(C)C)nc1. The lowest BCUT2D eigenvalue weighted by Crippen LogP contribution is -2.30. The van der Waals surface area contributed by atoms with Crippen LogP contribution < -0.4 is 10.1 Å². The third-order valence-electron chi connectivity index (χ3n) is 1.77. The molecular formula is C12H18N2O2. The number of carbonyl (C=O) groups is 1. The zero-order valence-electron chi connectivity index (χ0n) is 10.2. The summed E-state index contributed by atoms with van der Waals surface area (Å²) in [6, 6.07) is 3.54. The van der Waals surface area contributed by atoms with E-state index >= 15 is 0 Å². The normalized spacial score (nSPS) is 10.6. The summed E-state index contributed by atoms with van der Waals surface area (Å²) in [7, 11) is 0. The quantitative estimate of drug-likeness (QED) is 0.847. The first-order chi connectivity index (χ1) is 7.49. The summed E-state index contributed by atoms with van der Waals surface area (Å²) in [4.78, 5) is 15.7. The van der Waals surface area contributed by atoms with E-state index in [1.165, 1.54) is 6.20 Å². The Morgan fingerprint density at radius 1 is 1.31 bits per heavy atom. The highest BCUT2D eigenvalue weighted by Gasteiger charge is 2.07. The van der Waals surface area contributed by atoms with Crippen LogP contribution in [0.2, 0.25) is 0 Å². The second-order valence-corrected chi connectivity index (χ2v) is 4.18. The number of pyridine rings is 1. The van der Waals surface area contributed by atoms with Crippen LogP contribution in [0.15, 0.2) is 18.3 Å². The van der Waals surface area contributed by atoms with Crippen LogP contribution in [0, 0.1) is 0 Å². The van der Waals surface area contributed by atoms with Gasteiger partial charge in [0.25, 0.3) is 5.91 Å². The largest absolute Gasteiger partial charge is 0.475 e. The van der Waals surface area contributed by atoms with Crippen molar-refractivity contribution in [3.8, 4) is 5.88 Å². The van der Waals surface area contributed by atoms with Gasteiger partial charge < -0.3 is 10.1 Å². The first-order valence-electron chi connectivity index (χ1n) is 5.42. The summed E-state index contributed by atoms with van der Waals surface area (Å²) < 4.78 is 5.39. The lowest BCUT2D eigenvalue weighted by atomic mass is 10.2. The zero-order valence-corrected chi connectivity index (χ0v) is 10.2. The average molecular weight is 222 g/mol. The number of nitrogens with one attached hydrogen (secondary N) is 1. The van der Waals surface area contributed by atoms with Crippen molar-refractivity contribution in [1.29, 1.82) is 0 Å². The highest BCUT2D eigenvalue weighted by atomic mass is 16.5. The van der Waals surface area contributed by atoms with Crippen molar-refractivity contribution in [2.45, 2.75) is 39.8 Å². The van der Waals surface area contributed by atoms with Crippen molar-refractivity contribution < 1.29 is 9.53 Å². The molecule has 1 N–H and O–H groups in total. The summed E-state index contributed by atoms with van der Waals surface area (Å²) in [5, 5.41) is 2.80. The molecular weight excluding hydrogens is 204 g/mol. The number of nitrogens with zero attached hydrogens (tertiary/aromatic N) is 1. The molecule has 1 aromatic heterocycles. The van der Waals surface area contributed by atoms with Gasteiger partial charge >= 0.3 is 0 Å². The molecule has 0 aliphatic rings. The van der Waals surface area contributed by atoms with Gasteiger partial charge in [-0.2, -0.15) is 0 Å². The molecule has 1 heterocycles. The predicted octanol–water partition coefficient (Wildman–Crippen LogP) is 2.01. The maximum absolute atomic E-state index is 11.6. The standard InChI is InChI=1S/C12H18N2O2/c1-8(2)14-12(15)10-5-6-11(13-7-10)16-9(3)4/h5-9H,1-4H3,(H,14,15). The molecule has 1 amide bonds. The minimum atomic E-state index is -0.112. The lowest BCUT2D eigenvalue weighted by molar-refractivity contribution is 0.0942. The van der Waals surface area contributed by atoms with Crippen molar-refractivity contribution in [2.75, 3.05) is 0 Å². The molecule has 0 aromatic carbocycles. The molecule has 4 nitrogen and oxygen atoms in total. The molecule has 16 heavy (non-hydrogen) atoms. The van der Waals surface area contributed by atoms with E-state index in [4.69, 9.17) is 4.74 Å². The second kappa shape index (κ2) is 5.49. The van der Waals surface area contributed by atoms with Crippen molar-refractivity contribution in [3.05, 3.63) is 23.9 Å². The van der Waals surface area contributed by atoms with Gasteiger partial charge in [0, 0.05) is 18.3 Å². The van der Waals surface area contributed by atoms with Crippen molar-refractivity contribution in [2.24, 2.45) is 0 Å². The summed E-state index contributed by atoms with van der Waals surface area (Å²) in [5.74, 6) is 0.426. The van der Waals surface area contributed by atoms with E-state index in [0.717, 1.165) is 0 Å². The number of hydrogen-bond donors (Lipinski definition) is 1. The second-order valence-electron chi connectivity index (χ2n) is 4.18. The van der Waals surface area contributed by atoms with E-state index in [1.54, 1.807) is 12.1 Å². The van der Waals surface area contributed by atoms with Gasteiger partial charge in [-0.3, -0.25) is 4.79 Å². The fourth-order valence-corrected chi connectivity index (χ4v) is 1.17. The zero-order chi connectivity index (χ0) is 12.1. The summed E-state index contributed by atoms with van der Waals surface area (Å²) in [5.41, 5.74) is 0.546. The van der Waals surface area contributed by atoms with Crippen molar-refractivity contribution in [3.63, 3.8) is 0 Å². The molecule has 0 spiro atoms. The van der Waals surface area contributed by atoms with Gasteiger partial charge in [-0.25, -0.2) is 4.98 Å². The van der Waals surface area contributed by atoms with Gasteiger partial charge in [0.05, 0.1) is 11.7 Å². The summed E-state index contributed by atoms with van der Waals surface area (Å²) >= 11 is 0. The average Bonchev–Trinajstić information content (AvgIpc) is 2.16. The van der Waals surface area contributed by atoms with Crippen LogP contribution in [0.4, 0.5) is 0 Å². The van der Waals surface area contributed by atoms with Crippen LogP contribution >= 0.6 is 0 Å². The lowest BCUT2D eigenvalue weighted by Gasteiger charge is -2.10. The topological polar surface area (TPSA) is 51.2 Å². The minimum Gasteiger partial charge on any atom is -0.475 e. The molecule has 0 saturated carbocycles. The molecule has 0 unspecified atom stereocenters. The van der Waals surface area contributed by atoms with Gasteiger partial charge in [0.2, 0.25) is 5.88 Å². The van der Waals surface area contributed by atoms with Gasteiger partial charge in [-0.1, -0.05) is 0 Å². The fraction of sp³-hybridized carbons (Fsp3) is 0.500. The Balaban J connectivity index is 2.67. The number of rotatable bonds is 4. The van der Waals surface area contributed by atoms with Crippen LogP contribution in [0.25, 0.3) is 0 Å². The highest BCUT2D eigenvalue weighted by molar-refractivity contribution is 5.94. The number of aromatic nitrogens is 1. The molecule has 0 aliphatic heterocycles. The van der Waals surface area contributed by atoms with E-state index in [0.29, 0.717) is 11.4 Å². The smallest absolute Gasteiger partial charge is 0.253 e. The van der Waals surface area contributed by atoms with Crippen LogP contribution in [-0.2, 0) is 0 Å². The van der Waals surface area contributed by atoms with Crippen molar-refractivity contribution in [1.82, 2.24) is 10.3 Å². The van der Waals surface area contributed by atoms with Crippen LogP contribution in [0.5, 0.6) is 5.88 Å². The van der Waals surface area contributed by atoms with Gasteiger partial charge in [0.1, 0.15) is 0 Å². The number of hydrogen-bond acceptors (Lipinski definition) is 3. The summed E-state index contributed by atoms with van der Waals surface area (Å²) in [6.45, 7) is 7.70. The first-order valence-corrected chi connectivity index (χ1v) is 5.42. The third-order valence-corrected chi connectivity index (χ3v) is 1.77. The Hall–Kier alpha value is -1.58. The predicted molar refractivity (Wildman–Crippen MR) is 62.6 cm³/mol. The molecule has 0 saturated heterocycles. The monoisotopic (exact) mass is 222 g/mol. The number of carbonyl (C=O) groups excluding carboxylic acids is 1. The fourth-order valence-electron chi connectivity index (χ4n) is 1.17. The highest BCUT2D eigenvalue weighted by Crippen LogP contribution is 2.09. The Morgan fingerprint density at radius 2 is 2.00 bits per heavy atom. The molecule has 1 aromatic rings. The Morgan fingerprint density at radius 3 is 2.44 bits per heavy atom. The Kier molecular flexibility index (Phi) is 4.28. The molecule has 0 aliphatic carbocycles. The Bertz CT molecular complexity index is 345. The van der Waals surface area contributed by atoms with Crippen LogP contribution in [-0.4, -0.2) is 23.0 Å². The molecule has 0 fully saturated rings. The van der Waals surface area contributed by atoms with E-state index < -0.39 is 0 Å². The van der Waals surface area contributed by atoms with Gasteiger partial charge in [-0.15, -0.1) is 0 Å². The first kappa shape index (κ1) is 12.5. The molecule has 88 valence electrons. The molecule has 0 atom stereocenters. The van der Waals surface area contributed by atoms with Crippen molar-refractivity contribution >= 4 is 5.91 Å². The van der Waals surface area contributed by atoms with E-state index in [1.807, 2.05) is 27.7 Å². The molecule has 0 bridgehead atoms. The maximum Gasteiger partial charge on any atom is 0.253 e.